The standard InChI is InChI=1S/C46H53BO2/c1-42(2)43(3,4)49-47(48-42)41-19-17-40(18-20-41)46-30-27-45(28-31-46,29-32-46)39-15-11-37(12-16-39)35-7-5-34(6-8-35)36-9-13-38(14-10-36)44-24-21-33(22-25-44)23-26-44/h5-20,33H,21-32H2,1-4H3. The van der Waals surface area contributed by atoms with Crippen LogP contribution in [0.25, 0.3) is 22.3 Å². The topological polar surface area (TPSA) is 18.5 Å². The van der Waals surface area contributed by atoms with Gasteiger partial charge in [0.05, 0.1) is 11.2 Å². The molecule has 252 valence electrons. The predicted molar refractivity (Wildman–Crippen MR) is 203 cm³/mol. The summed E-state index contributed by atoms with van der Waals surface area (Å²) in [5, 5.41) is 0. The maximum atomic E-state index is 6.32. The fourth-order valence-electron chi connectivity index (χ4n) is 10.6. The van der Waals surface area contributed by atoms with Crippen LogP contribution in [-0.4, -0.2) is 18.3 Å². The molecule has 0 amide bonds. The van der Waals surface area contributed by atoms with Gasteiger partial charge in [0.2, 0.25) is 0 Å². The van der Waals surface area contributed by atoms with Crippen LogP contribution in [0.15, 0.2) is 97.1 Å². The van der Waals surface area contributed by atoms with E-state index in [0.29, 0.717) is 16.2 Å². The average Bonchev–Trinajstić information content (AvgIpc) is 3.39. The van der Waals surface area contributed by atoms with Crippen LogP contribution < -0.4 is 5.46 Å². The maximum Gasteiger partial charge on any atom is 0.494 e. The van der Waals surface area contributed by atoms with Gasteiger partial charge in [-0.05, 0) is 171 Å². The number of fused-ring (bicyclic) bond motifs is 6. The fraction of sp³-hybridized carbons (Fsp3) is 0.478. The second kappa shape index (κ2) is 11.4. The lowest BCUT2D eigenvalue weighted by Crippen LogP contribution is -2.46. The Kier molecular flexibility index (Phi) is 7.43. The Labute approximate surface area is 295 Å². The molecule has 1 aliphatic heterocycles. The Morgan fingerprint density at radius 2 is 0.694 bits per heavy atom. The lowest BCUT2D eigenvalue weighted by Gasteiger charge is -2.54. The van der Waals surface area contributed by atoms with Crippen molar-refractivity contribution in [2.24, 2.45) is 5.92 Å². The van der Waals surface area contributed by atoms with Crippen molar-refractivity contribution in [3.05, 3.63) is 114 Å². The maximum absolute atomic E-state index is 6.32. The first-order valence-electron chi connectivity index (χ1n) is 19.4. The van der Waals surface area contributed by atoms with E-state index in [1.165, 1.54) is 105 Å². The molecule has 1 saturated heterocycles. The quantitative estimate of drug-likeness (QED) is 0.194. The molecule has 7 aliphatic rings. The molecule has 4 aromatic rings. The summed E-state index contributed by atoms with van der Waals surface area (Å²) in [6.45, 7) is 8.50. The Bertz CT molecular complexity index is 1750. The third-order valence-corrected chi connectivity index (χ3v) is 14.9. The molecule has 7 fully saturated rings. The molecule has 0 N–H and O–H groups in total. The predicted octanol–water partition coefficient (Wildman–Crippen LogP) is 11.1. The van der Waals surface area contributed by atoms with Gasteiger partial charge in [0.15, 0.2) is 0 Å². The van der Waals surface area contributed by atoms with Crippen molar-refractivity contribution in [1.82, 2.24) is 0 Å². The molecular formula is C46H53BO2. The molecule has 6 saturated carbocycles. The number of benzene rings is 4. The second-order valence-corrected chi connectivity index (χ2v) is 17.8. The van der Waals surface area contributed by atoms with Crippen molar-refractivity contribution in [2.45, 2.75) is 132 Å². The highest BCUT2D eigenvalue weighted by atomic mass is 16.7. The van der Waals surface area contributed by atoms with Gasteiger partial charge in [0.25, 0.3) is 0 Å². The molecule has 11 rings (SSSR count). The number of hydrogen-bond donors (Lipinski definition) is 0. The molecule has 4 bridgehead atoms. The molecule has 0 spiro atoms. The van der Waals surface area contributed by atoms with Gasteiger partial charge in [-0.2, -0.15) is 0 Å². The van der Waals surface area contributed by atoms with Gasteiger partial charge in [0, 0.05) is 0 Å². The van der Waals surface area contributed by atoms with Gasteiger partial charge in [-0.1, -0.05) is 97.1 Å². The van der Waals surface area contributed by atoms with Crippen LogP contribution in [0.1, 0.15) is 121 Å². The number of rotatable bonds is 6. The zero-order chi connectivity index (χ0) is 33.5. The van der Waals surface area contributed by atoms with Crippen molar-refractivity contribution in [1.29, 1.82) is 0 Å². The largest absolute Gasteiger partial charge is 0.494 e. The molecule has 0 unspecified atom stereocenters. The van der Waals surface area contributed by atoms with Crippen LogP contribution in [0.5, 0.6) is 0 Å². The summed E-state index contributed by atoms with van der Waals surface area (Å²) in [5.41, 5.74) is 11.5. The molecule has 0 radical (unpaired) electrons. The molecule has 49 heavy (non-hydrogen) atoms. The van der Waals surface area contributed by atoms with E-state index in [0.717, 1.165) is 11.4 Å². The Balaban J connectivity index is 0.848. The zero-order valence-electron chi connectivity index (χ0n) is 30.2. The summed E-state index contributed by atoms with van der Waals surface area (Å²) in [4.78, 5) is 0. The van der Waals surface area contributed by atoms with Crippen molar-refractivity contribution in [3.63, 3.8) is 0 Å². The first kappa shape index (κ1) is 31.8. The highest BCUT2D eigenvalue weighted by Gasteiger charge is 2.53. The highest BCUT2D eigenvalue weighted by Crippen LogP contribution is 2.58. The second-order valence-electron chi connectivity index (χ2n) is 17.8. The summed E-state index contributed by atoms with van der Waals surface area (Å²) in [6, 6.07) is 37.7. The zero-order valence-corrected chi connectivity index (χ0v) is 30.2. The van der Waals surface area contributed by atoms with Crippen LogP contribution in [-0.2, 0) is 25.6 Å². The highest BCUT2D eigenvalue weighted by molar-refractivity contribution is 6.62. The molecule has 6 aliphatic carbocycles. The third-order valence-electron chi connectivity index (χ3n) is 14.9. The molecule has 2 nitrogen and oxygen atoms in total. The fourth-order valence-corrected chi connectivity index (χ4v) is 10.6. The van der Waals surface area contributed by atoms with E-state index < -0.39 is 0 Å². The Morgan fingerprint density at radius 3 is 1.04 bits per heavy atom. The van der Waals surface area contributed by atoms with Crippen LogP contribution in [0, 0.1) is 5.92 Å². The van der Waals surface area contributed by atoms with Gasteiger partial charge in [-0.25, -0.2) is 0 Å². The monoisotopic (exact) mass is 648 g/mol. The van der Waals surface area contributed by atoms with Crippen LogP contribution >= 0.6 is 0 Å². The molecule has 4 aromatic carbocycles. The van der Waals surface area contributed by atoms with E-state index in [1.807, 2.05) is 0 Å². The lowest BCUT2D eigenvalue weighted by molar-refractivity contribution is 0.00578. The van der Waals surface area contributed by atoms with E-state index in [4.69, 9.17) is 9.31 Å². The molecule has 0 atom stereocenters. The van der Waals surface area contributed by atoms with Crippen molar-refractivity contribution < 1.29 is 9.31 Å². The molecule has 0 aromatic heterocycles. The molecular weight excluding hydrogens is 595 g/mol. The minimum absolute atomic E-state index is 0.291. The number of hydrogen-bond acceptors (Lipinski definition) is 2. The van der Waals surface area contributed by atoms with Crippen LogP contribution in [0.3, 0.4) is 0 Å². The summed E-state index contributed by atoms with van der Waals surface area (Å²) < 4.78 is 12.6. The minimum Gasteiger partial charge on any atom is -0.399 e. The van der Waals surface area contributed by atoms with E-state index >= 15 is 0 Å². The van der Waals surface area contributed by atoms with Crippen molar-refractivity contribution in [2.75, 3.05) is 0 Å². The van der Waals surface area contributed by atoms with E-state index in [9.17, 15) is 0 Å². The van der Waals surface area contributed by atoms with E-state index in [-0.39, 0.29) is 18.3 Å². The van der Waals surface area contributed by atoms with Crippen molar-refractivity contribution in [3.8, 4) is 22.3 Å². The Hall–Kier alpha value is -3.14. The third kappa shape index (κ3) is 5.29. The van der Waals surface area contributed by atoms with Gasteiger partial charge >= 0.3 is 7.12 Å². The summed E-state index contributed by atoms with van der Waals surface area (Å²) in [7, 11) is -0.291. The average molecular weight is 649 g/mol. The first-order valence-corrected chi connectivity index (χ1v) is 19.4. The first-order chi connectivity index (χ1) is 23.6. The van der Waals surface area contributed by atoms with Crippen LogP contribution in [0.2, 0.25) is 0 Å². The van der Waals surface area contributed by atoms with Crippen molar-refractivity contribution >= 4 is 12.6 Å². The Morgan fingerprint density at radius 1 is 0.408 bits per heavy atom. The smallest absolute Gasteiger partial charge is 0.399 e. The molecule has 1 heterocycles. The van der Waals surface area contributed by atoms with E-state index in [1.54, 1.807) is 11.1 Å². The summed E-state index contributed by atoms with van der Waals surface area (Å²) in [6.07, 6.45) is 16.1. The van der Waals surface area contributed by atoms with Gasteiger partial charge in [0.1, 0.15) is 0 Å². The van der Waals surface area contributed by atoms with Gasteiger partial charge in [-0.15, -0.1) is 0 Å². The van der Waals surface area contributed by atoms with E-state index in [2.05, 4.69) is 125 Å². The summed E-state index contributed by atoms with van der Waals surface area (Å²) >= 11 is 0. The van der Waals surface area contributed by atoms with Gasteiger partial charge < -0.3 is 9.31 Å². The van der Waals surface area contributed by atoms with Crippen LogP contribution in [0.4, 0.5) is 0 Å². The minimum atomic E-state index is -0.311. The normalized spacial score (nSPS) is 31.3. The molecule has 3 heteroatoms. The summed E-state index contributed by atoms with van der Waals surface area (Å²) in [5.74, 6) is 1.01. The lowest BCUT2D eigenvalue weighted by atomic mass is 9.50. The van der Waals surface area contributed by atoms with Gasteiger partial charge in [-0.3, -0.25) is 0 Å². The SMILES string of the molecule is CC1(C)OB(c2ccc(C34CCC(c5ccc(-c6ccc(-c7ccc(C89CCC(CC8)CC9)cc7)cc6)cc5)(CC3)CC4)cc2)OC1(C)C.